The largest absolute Gasteiger partial charge is 0.395 e. The molecule has 1 atom stereocenters. The number of hydrogen-bond acceptors (Lipinski definition) is 3. The molecule has 1 aromatic rings. The quantitative estimate of drug-likeness (QED) is 0.647. The highest BCUT2D eigenvalue weighted by molar-refractivity contribution is 5.54. The zero-order valence-corrected chi connectivity index (χ0v) is 10.4. The van der Waals surface area contributed by atoms with Gasteiger partial charge in [0.15, 0.2) is 0 Å². The minimum absolute atomic E-state index is 0.0360. The highest BCUT2D eigenvalue weighted by Crippen LogP contribution is 2.65. The summed E-state index contributed by atoms with van der Waals surface area (Å²) in [5.41, 5.74) is 1.21. The molecule has 92 valence electrons. The smallest absolute Gasteiger partial charge is 0.273 e. The van der Waals surface area contributed by atoms with Crippen LogP contribution in [0.15, 0.2) is 18.2 Å². The monoisotopic (exact) mass is 235 g/mol. The molecule has 0 aromatic heterocycles. The molecule has 0 bridgehead atoms. The van der Waals surface area contributed by atoms with Gasteiger partial charge in [-0.2, -0.15) is 0 Å². The number of nitrogens with zero attached hydrogens (tertiary/aromatic N) is 1. The molecule has 1 aliphatic rings. The summed E-state index contributed by atoms with van der Waals surface area (Å²) in [6.07, 6.45) is 0.794. The predicted octanol–water partition coefficient (Wildman–Crippen LogP) is 2.56. The van der Waals surface area contributed by atoms with Crippen molar-refractivity contribution in [2.45, 2.75) is 32.6 Å². The van der Waals surface area contributed by atoms with E-state index in [-0.39, 0.29) is 22.6 Å². The average Bonchev–Trinajstić information content (AvgIpc) is 2.81. The molecule has 0 aliphatic heterocycles. The van der Waals surface area contributed by atoms with Gasteiger partial charge in [-0.1, -0.05) is 26.0 Å². The molecule has 1 saturated carbocycles. The Bertz CT molecular complexity index is 482. The van der Waals surface area contributed by atoms with E-state index < -0.39 is 5.41 Å². The first-order valence-electron chi connectivity index (χ1n) is 5.71. The van der Waals surface area contributed by atoms with Gasteiger partial charge in [0, 0.05) is 17.0 Å². The van der Waals surface area contributed by atoms with Gasteiger partial charge in [0.1, 0.15) is 0 Å². The Hall–Kier alpha value is -1.42. The van der Waals surface area contributed by atoms with E-state index in [1.54, 1.807) is 6.07 Å². The number of aliphatic hydroxyl groups is 1. The van der Waals surface area contributed by atoms with Crippen LogP contribution in [-0.4, -0.2) is 16.6 Å². The van der Waals surface area contributed by atoms with Gasteiger partial charge in [-0.3, -0.25) is 10.1 Å². The van der Waals surface area contributed by atoms with Crippen molar-refractivity contribution in [3.63, 3.8) is 0 Å². The minimum atomic E-state index is -0.444. The van der Waals surface area contributed by atoms with E-state index in [4.69, 9.17) is 0 Å². The summed E-state index contributed by atoms with van der Waals surface area (Å²) in [4.78, 5) is 10.7. The van der Waals surface area contributed by atoms with Crippen LogP contribution in [-0.2, 0) is 5.41 Å². The van der Waals surface area contributed by atoms with E-state index in [0.717, 1.165) is 12.0 Å². The van der Waals surface area contributed by atoms with Gasteiger partial charge in [-0.25, -0.2) is 0 Å². The molecule has 1 aliphatic carbocycles. The Balaban J connectivity index is 2.64. The van der Waals surface area contributed by atoms with Crippen molar-refractivity contribution in [1.29, 1.82) is 0 Å². The zero-order chi connectivity index (χ0) is 12.8. The molecule has 1 fully saturated rings. The van der Waals surface area contributed by atoms with Crippen molar-refractivity contribution in [2.24, 2.45) is 5.41 Å². The maximum absolute atomic E-state index is 11.1. The second kappa shape index (κ2) is 3.53. The van der Waals surface area contributed by atoms with Crippen molar-refractivity contribution < 1.29 is 10.0 Å². The third kappa shape index (κ3) is 1.55. The Kier molecular flexibility index (Phi) is 2.51. The van der Waals surface area contributed by atoms with Gasteiger partial charge < -0.3 is 5.11 Å². The van der Waals surface area contributed by atoms with Gasteiger partial charge in [0.25, 0.3) is 5.69 Å². The maximum atomic E-state index is 11.1. The Labute approximate surface area is 100 Å². The van der Waals surface area contributed by atoms with E-state index in [0.29, 0.717) is 5.56 Å². The van der Waals surface area contributed by atoms with Gasteiger partial charge in [0.2, 0.25) is 0 Å². The summed E-state index contributed by atoms with van der Waals surface area (Å²) in [7, 11) is 0. The Morgan fingerprint density at radius 2 is 2.06 bits per heavy atom. The highest BCUT2D eigenvalue weighted by Gasteiger charge is 2.64. The lowest BCUT2D eigenvalue weighted by molar-refractivity contribution is -0.386. The van der Waals surface area contributed by atoms with Crippen LogP contribution in [0.5, 0.6) is 0 Å². The predicted molar refractivity (Wildman–Crippen MR) is 65.0 cm³/mol. The summed E-state index contributed by atoms with van der Waals surface area (Å²) >= 11 is 0. The van der Waals surface area contributed by atoms with Crippen molar-refractivity contribution >= 4 is 5.69 Å². The van der Waals surface area contributed by atoms with E-state index in [1.165, 1.54) is 6.07 Å². The van der Waals surface area contributed by atoms with E-state index in [2.05, 4.69) is 0 Å². The van der Waals surface area contributed by atoms with Crippen molar-refractivity contribution in [3.8, 4) is 0 Å². The first kappa shape index (κ1) is 12.0. The molecule has 0 heterocycles. The van der Waals surface area contributed by atoms with Crippen LogP contribution >= 0.6 is 0 Å². The van der Waals surface area contributed by atoms with Gasteiger partial charge >= 0.3 is 0 Å². The average molecular weight is 235 g/mol. The van der Waals surface area contributed by atoms with Crippen molar-refractivity contribution in [3.05, 3.63) is 39.4 Å². The third-order valence-electron chi connectivity index (χ3n) is 4.11. The second-order valence-corrected chi connectivity index (χ2v) is 5.53. The molecule has 17 heavy (non-hydrogen) atoms. The van der Waals surface area contributed by atoms with E-state index in [9.17, 15) is 15.2 Å². The first-order chi connectivity index (χ1) is 7.85. The van der Waals surface area contributed by atoms with E-state index >= 15 is 0 Å². The molecular weight excluding hydrogens is 218 g/mol. The number of hydrogen-bond donors (Lipinski definition) is 1. The summed E-state index contributed by atoms with van der Waals surface area (Å²) in [6, 6.07) is 5.08. The lowest BCUT2D eigenvalue weighted by atomic mass is 9.85. The normalized spacial score (nSPS) is 25.6. The number of nitro groups is 1. The molecule has 4 heteroatoms. The lowest BCUT2D eigenvalue weighted by Crippen LogP contribution is -2.22. The fourth-order valence-electron chi connectivity index (χ4n) is 2.91. The fourth-order valence-corrected chi connectivity index (χ4v) is 2.91. The molecule has 0 amide bonds. The lowest BCUT2D eigenvalue weighted by Gasteiger charge is -2.20. The minimum Gasteiger partial charge on any atom is -0.395 e. The molecular formula is C13H17NO3. The number of nitro benzene ring substituents is 1. The molecule has 4 nitrogen and oxygen atoms in total. The van der Waals surface area contributed by atoms with Crippen LogP contribution in [0, 0.1) is 22.5 Å². The molecule has 1 aromatic carbocycles. The molecule has 1 N–H and O–H groups in total. The van der Waals surface area contributed by atoms with Crippen molar-refractivity contribution in [2.75, 3.05) is 6.61 Å². The Morgan fingerprint density at radius 3 is 2.47 bits per heavy atom. The van der Waals surface area contributed by atoms with Crippen LogP contribution in [0.25, 0.3) is 0 Å². The van der Waals surface area contributed by atoms with Crippen LogP contribution in [0.3, 0.4) is 0 Å². The van der Waals surface area contributed by atoms with Gasteiger partial charge in [0.05, 0.1) is 11.5 Å². The van der Waals surface area contributed by atoms with Crippen molar-refractivity contribution in [1.82, 2.24) is 0 Å². The fraction of sp³-hybridized carbons (Fsp3) is 0.538. The highest BCUT2D eigenvalue weighted by atomic mass is 16.6. The standard InChI is InChI=1S/C13H17NO3/c1-9-5-4-6-10(14(16)17)11(9)13(8-15)7-12(13,2)3/h4-6,15H,7-8H2,1-3H3. The number of aliphatic hydroxyl groups excluding tert-OH is 1. The van der Waals surface area contributed by atoms with Crippen LogP contribution in [0.1, 0.15) is 31.4 Å². The van der Waals surface area contributed by atoms with E-state index in [1.807, 2.05) is 26.8 Å². The number of benzene rings is 1. The molecule has 0 spiro atoms. The van der Waals surface area contributed by atoms with Crippen LogP contribution < -0.4 is 0 Å². The van der Waals surface area contributed by atoms with Gasteiger partial charge in [-0.15, -0.1) is 0 Å². The maximum Gasteiger partial charge on any atom is 0.273 e. The van der Waals surface area contributed by atoms with Crippen LogP contribution in [0.4, 0.5) is 5.69 Å². The first-order valence-corrected chi connectivity index (χ1v) is 5.71. The topological polar surface area (TPSA) is 63.4 Å². The molecule has 0 radical (unpaired) electrons. The third-order valence-corrected chi connectivity index (χ3v) is 4.11. The SMILES string of the molecule is Cc1cccc([N+](=O)[O-])c1C1(CO)CC1(C)C. The summed E-state index contributed by atoms with van der Waals surface area (Å²) in [5, 5.41) is 20.8. The summed E-state index contributed by atoms with van der Waals surface area (Å²) < 4.78 is 0. The Morgan fingerprint density at radius 1 is 1.47 bits per heavy atom. The molecule has 2 rings (SSSR count). The van der Waals surface area contributed by atoms with Crippen LogP contribution in [0.2, 0.25) is 0 Å². The molecule has 0 saturated heterocycles. The van der Waals surface area contributed by atoms with Gasteiger partial charge in [-0.05, 0) is 24.3 Å². The second-order valence-electron chi connectivity index (χ2n) is 5.53. The summed E-state index contributed by atoms with van der Waals surface area (Å²) in [6.45, 7) is 5.92. The summed E-state index contributed by atoms with van der Waals surface area (Å²) in [5.74, 6) is 0. The molecule has 1 unspecified atom stereocenters. The number of rotatable bonds is 3. The number of aryl methyl sites for hydroxylation is 1. The zero-order valence-electron chi connectivity index (χ0n) is 10.4.